The maximum atomic E-state index is 3.30. The molecule has 0 heterocycles. The molecule has 0 fully saturated rings. The van der Waals surface area contributed by atoms with Crippen LogP contribution in [0.3, 0.4) is 0 Å². The number of hydrogen-bond donors (Lipinski definition) is 0. The van der Waals surface area contributed by atoms with Gasteiger partial charge in [-0.1, -0.05) is 35.4 Å². The molecule has 1 aliphatic rings. The molecule has 0 saturated heterocycles. The van der Waals surface area contributed by atoms with Crippen molar-refractivity contribution in [2.24, 2.45) is 0 Å². The quantitative estimate of drug-likeness (QED) is 0.260. The van der Waals surface area contributed by atoms with Crippen LogP contribution in [-0.2, 0) is 32.6 Å². The van der Waals surface area contributed by atoms with E-state index in [0.29, 0.717) is 0 Å². The third-order valence-corrected chi connectivity index (χ3v) is 3.17. The van der Waals surface area contributed by atoms with Gasteiger partial charge < -0.3 is 24.8 Å². The van der Waals surface area contributed by atoms with Gasteiger partial charge in [-0.15, -0.1) is 18.7 Å². The number of benzene rings is 2. The molecule has 4 rings (SSSR count). The predicted molar refractivity (Wildman–Crippen MR) is 86.8 cm³/mol. The van der Waals surface area contributed by atoms with Gasteiger partial charge in [0.25, 0.3) is 0 Å². The van der Waals surface area contributed by atoms with Crippen LogP contribution in [0.5, 0.6) is 0 Å². The molecule has 0 saturated carbocycles. The van der Waals surface area contributed by atoms with E-state index in [1.165, 1.54) is 22.3 Å². The molecule has 0 atom stereocenters. The van der Waals surface area contributed by atoms with E-state index in [2.05, 4.69) is 55.6 Å². The molecule has 0 spiro atoms. The average Bonchev–Trinajstić information content (AvgIpc) is 3.20. The van der Waals surface area contributed by atoms with Crippen molar-refractivity contribution in [3.8, 4) is 11.1 Å². The van der Waals surface area contributed by atoms with Crippen LogP contribution in [0.25, 0.3) is 11.1 Å². The van der Waals surface area contributed by atoms with Crippen LogP contribution >= 0.6 is 0 Å². The summed E-state index contributed by atoms with van der Waals surface area (Å²) in [6.07, 6.45) is 1.05. The Labute approximate surface area is 171 Å². The minimum absolute atomic E-state index is 0. The van der Waals surface area contributed by atoms with Crippen LogP contribution in [-0.4, -0.2) is 0 Å². The molecule has 0 bridgehead atoms. The molecular weight excluding hydrogens is 402 g/mol. The van der Waals surface area contributed by atoms with E-state index >= 15 is 0 Å². The summed E-state index contributed by atoms with van der Waals surface area (Å²) in [6.45, 7) is 6.00. The summed E-state index contributed by atoms with van der Waals surface area (Å²) in [5, 5.41) is 0. The molecule has 0 amide bonds. The first kappa shape index (κ1) is 24.2. The maximum absolute atomic E-state index is 3.30. The molecule has 0 N–H and O–H groups in total. The molecule has 0 aromatic heterocycles. The van der Waals surface area contributed by atoms with Crippen molar-refractivity contribution in [1.82, 2.24) is 0 Å². The number of fused-ring (bicyclic) bond motifs is 3. The predicted octanol–water partition coefficient (Wildman–Crippen LogP) is -0.729. The Morgan fingerprint density at radius 3 is 2.04 bits per heavy atom. The molecule has 0 aliphatic heterocycles. The van der Waals surface area contributed by atoms with E-state index in [0.717, 1.165) is 6.42 Å². The Kier molecular flexibility index (Phi) is 14.2. The standard InChI is InChI=1S/C13H9.C5H5.C2H4.2ClH.Zr/c1-3-7-12-10(5-1)9-11-6-2-4-8-13(11)12;1-2-4-5-3-1;1-2;;;/h1-5,7-8H,9H2;1-5H;1-2H2;2*1H;/q2*-1;;;;+4/p-2. The molecule has 23 heavy (non-hydrogen) atoms. The van der Waals surface area contributed by atoms with Gasteiger partial charge in [0.05, 0.1) is 0 Å². The monoisotopic (exact) mass is 418 g/mol. The van der Waals surface area contributed by atoms with Gasteiger partial charge in [0.1, 0.15) is 0 Å². The van der Waals surface area contributed by atoms with Crippen molar-refractivity contribution < 1.29 is 51.0 Å². The second kappa shape index (κ2) is 13.4. The first-order valence-corrected chi connectivity index (χ1v) is 6.70. The second-order valence-corrected chi connectivity index (χ2v) is 4.36. The maximum Gasteiger partial charge on any atom is 4.00 e. The zero-order valence-electron chi connectivity index (χ0n) is 12.8. The van der Waals surface area contributed by atoms with Crippen LogP contribution in [0, 0.1) is 6.07 Å². The summed E-state index contributed by atoms with van der Waals surface area (Å²) in [4.78, 5) is 0. The van der Waals surface area contributed by atoms with Crippen LogP contribution in [0.15, 0.2) is 86.0 Å². The van der Waals surface area contributed by atoms with E-state index in [-0.39, 0.29) is 51.0 Å². The van der Waals surface area contributed by atoms with Crippen LogP contribution in [0.2, 0.25) is 0 Å². The Morgan fingerprint density at radius 1 is 0.826 bits per heavy atom. The summed E-state index contributed by atoms with van der Waals surface area (Å²) < 4.78 is 0. The minimum Gasteiger partial charge on any atom is -1.00 e. The topological polar surface area (TPSA) is 0 Å². The largest absolute Gasteiger partial charge is 4.00 e. The second-order valence-electron chi connectivity index (χ2n) is 4.36. The Hall–Kier alpha value is -1.01. The summed E-state index contributed by atoms with van der Waals surface area (Å²) in [7, 11) is 0. The fourth-order valence-electron chi connectivity index (χ4n) is 2.32. The number of halogens is 2. The molecule has 0 nitrogen and oxygen atoms in total. The fraction of sp³-hybridized carbons (Fsp3) is 0.0500. The third-order valence-electron chi connectivity index (χ3n) is 3.17. The molecular formula is C20H18Cl2Zr. The van der Waals surface area contributed by atoms with Gasteiger partial charge in [0.15, 0.2) is 0 Å². The first-order chi connectivity index (χ1) is 9.95. The van der Waals surface area contributed by atoms with E-state index in [9.17, 15) is 0 Å². The van der Waals surface area contributed by atoms with Gasteiger partial charge in [0.2, 0.25) is 0 Å². The zero-order valence-corrected chi connectivity index (χ0v) is 16.8. The van der Waals surface area contributed by atoms with Gasteiger partial charge in [-0.05, 0) is 6.42 Å². The smallest absolute Gasteiger partial charge is 1.00 e. The van der Waals surface area contributed by atoms with Crippen molar-refractivity contribution in [1.29, 1.82) is 0 Å². The Morgan fingerprint density at radius 2 is 1.43 bits per heavy atom. The van der Waals surface area contributed by atoms with Crippen molar-refractivity contribution in [3.63, 3.8) is 0 Å². The minimum atomic E-state index is 0. The molecule has 3 heteroatoms. The first-order valence-electron chi connectivity index (χ1n) is 6.70. The van der Waals surface area contributed by atoms with Crippen LogP contribution < -0.4 is 24.8 Å². The van der Waals surface area contributed by atoms with Gasteiger partial charge >= 0.3 is 26.2 Å². The van der Waals surface area contributed by atoms with Gasteiger partial charge in [0, 0.05) is 0 Å². The summed E-state index contributed by atoms with van der Waals surface area (Å²) in [6, 6.07) is 28.1. The van der Waals surface area contributed by atoms with Gasteiger partial charge in [-0.2, -0.15) is 48.0 Å². The van der Waals surface area contributed by atoms with Crippen molar-refractivity contribution in [3.05, 3.63) is 103 Å². The third kappa shape index (κ3) is 6.55. The van der Waals surface area contributed by atoms with Crippen LogP contribution in [0.1, 0.15) is 11.1 Å². The van der Waals surface area contributed by atoms with Crippen LogP contribution in [0.4, 0.5) is 0 Å². The van der Waals surface area contributed by atoms with Crippen molar-refractivity contribution >= 4 is 0 Å². The van der Waals surface area contributed by atoms with E-state index in [1.54, 1.807) is 0 Å². The molecule has 116 valence electrons. The normalized spacial score (nSPS) is 8.87. The summed E-state index contributed by atoms with van der Waals surface area (Å²) in [5.41, 5.74) is 5.51. The Balaban J connectivity index is 0. The van der Waals surface area contributed by atoms with Crippen molar-refractivity contribution in [2.45, 2.75) is 6.42 Å². The molecule has 3 aromatic rings. The SMILES string of the molecule is C=C.[Cl-].[Cl-].[Zr+4].[c-]1cccc2c1Cc1ccccc1-2.c1cc[cH-]c1. The van der Waals surface area contributed by atoms with Gasteiger partial charge in [-0.3, -0.25) is 0 Å². The van der Waals surface area contributed by atoms with E-state index in [4.69, 9.17) is 0 Å². The molecule has 3 aromatic carbocycles. The van der Waals surface area contributed by atoms with Crippen molar-refractivity contribution in [2.75, 3.05) is 0 Å². The molecule has 0 radical (unpaired) electrons. The summed E-state index contributed by atoms with van der Waals surface area (Å²) >= 11 is 0. The fourth-order valence-corrected chi connectivity index (χ4v) is 2.32. The number of rotatable bonds is 0. The molecule has 0 unspecified atom stereocenters. The zero-order chi connectivity index (χ0) is 14.2. The van der Waals surface area contributed by atoms with E-state index < -0.39 is 0 Å². The Bertz CT molecular complexity index is 588. The van der Waals surface area contributed by atoms with E-state index in [1.807, 2.05) is 36.4 Å². The van der Waals surface area contributed by atoms with Gasteiger partial charge in [-0.25, -0.2) is 12.1 Å². The number of hydrogen-bond acceptors (Lipinski definition) is 0. The average molecular weight is 420 g/mol. The molecule has 1 aliphatic carbocycles. The summed E-state index contributed by atoms with van der Waals surface area (Å²) in [5.74, 6) is 0.